The molecule has 0 saturated heterocycles. The van der Waals surface area contributed by atoms with Gasteiger partial charge in [-0.1, -0.05) is 23.7 Å². The second-order valence-electron chi connectivity index (χ2n) is 4.21. The number of alkyl halides is 3. The van der Waals surface area contributed by atoms with Crippen LogP contribution in [0.1, 0.15) is 24.0 Å². The molecule has 0 heterocycles. The van der Waals surface area contributed by atoms with E-state index in [0.717, 1.165) is 11.1 Å². The van der Waals surface area contributed by atoms with Gasteiger partial charge in [0.15, 0.2) is 0 Å². The summed E-state index contributed by atoms with van der Waals surface area (Å²) in [6, 6.07) is 4.95. The van der Waals surface area contributed by atoms with E-state index in [2.05, 4.69) is 0 Å². The van der Waals surface area contributed by atoms with Gasteiger partial charge in [-0.15, -0.1) is 0 Å². The molecule has 0 aliphatic rings. The molecule has 2 N–H and O–H groups in total. The Bertz CT molecular complexity index is 377. The van der Waals surface area contributed by atoms with Crippen LogP contribution in [0.25, 0.3) is 0 Å². The van der Waals surface area contributed by atoms with Crippen molar-refractivity contribution in [3.63, 3.8) is 0 Å². The van der Waals surface area contributed by atoms with Crippen LogP contribution in [0, 0.1) is 6.92 Å². The molecule has 0 radical (unpaired) electrons. The quantitative estimate of drug-likeness (QED) is 0.879. The number of halogens is 4. The highest BCUT2D eigenvalue weighted by Crippen LogP contribution is 2.24. The van der Waals surface area contributed by atoms with Crippen LogP contribution in [-0.2, 0) is 6.42 Å². The molecule has 1 nitrogen and oxygen atoms in total. The third kappa shape index (κ3) is 5.41. The van der Waals surface area contributed by atoms with E-state index in [1.54, 1.807) is 6.07 Å². The van der Waals surface area contributed by atoms with Crippen LogP contribution in [-0.4, -0.2) is 12.2 Å². The zero-order valence-electron chi connectivity index (χ0n) is 9.52. The van der Waals surface area contributed by atoms with E-state index >= 15 is 0 Å². The van der Waals surface area contributed by atoms with Crippen molar-refractivity contribution in [2.24, 2.45) is 5.73 Å². The molecule has 0 aromatic heterocycles. The zero-order chi connectivity index (χ0) is 13.1. The summed E-state index contributed by atoms with van der Waals surface area (Å²) in [4.78, 5) is 0. The van der Waals surface area contributed by atoms with E-state index in [0.29, 0.717) is 11.4 Å². The Hall–Kier alpha value is -0.740. The van der Waals surface area contributed by atoms with Crippen LogP contribution in [0.15, 0.2) is 18.2 Å². The number of rotatable bonds is 4. The van der Waals surface area contributed by atoms with E-state index < -0.39 is 18.6 Å². The molecule has 1 aromatic rings. The highest BCUT2D eigenvalue weighted by atomic mass is 35.5. The first-order chi connectivity index (χ1) is 7.78. The number of aryl methyl sites for hydroxylation is 1. The Morgan fingerprint density at radius 2 is 2.00 bits per heavy atom. The Labute approximate surface area is 104 Å². The summed E-state index contributed by atoms with van der Waals surface area (Å²) in [5.41, 5.74) is 7.48. The Balaban J connectivity index is 2.53. The summed E-state index contributed by atoms with van der Waals surface area (Å²) in [7, 11) is 0. The molecule has 5 heteroatoms. The van der Waals surface area contributed by atoms with Gasteiger partial charge in [0.1, 0.15) is 0 Å². The second-order valence-corrected chi connectivity index (χ2v) is 4.62. The predicted octanol–water partition coefficient (Wildman–Crippen LogP) is 3.86. The maximum absolute atomic E-state index is 12.0. The summed E-state index contributed by atoms with van der Waals surface area (Å²) in [6.07, 6.45) is -4.70. The summed E-state index contributed by atoms with van der Waals surface area (Å²) in [5.74, 6) is 0. The fourth-order valence-corrected chi connectivity index (χ4v) is 1.86. The number of hydrogen-bond donors (Lipinski definition) is 1. The summed E-state index contributed by atoms with van der Waals surface area (Å²) in [6.45, 7) is 1.90. The minimum Gasteiger partial charge on any atom is -0.327 e. The average molecular weight is 266 g/mol. The van der Waals surface area contributed by atoms with E-state index in [-0.39, 0.29) is 6.42 Å². The second kappa shape index (κ2) is 5.74. The van der Waals surface area contributed by atoms with Crippen LogP contribution in [0.3, 0.4) is 0 Å². The van der Waals surface area contributed by atoms with Gasteiger partial charge in [0.2, 0.25) is 0 Å². The fraction of sp³-hybridized carbons (Fsp3) is 0.500. The van der Waals surface area contributed by atoms with E-state index in [1.165, 1.54) is 0 Å². The van der Waals surface area contributed by atoms with Crippen molar-refractivity contribution in [1.82, 2.24) is 0 Å². The highest BCUT2D eigenvalue weighted by molar-refractivity contribution is 6.31. The molecule has 1 atom stereocenters. The lowest BCUT2D eigenvalue weighted by atomic mass is 10.0. The molecule has 1 unspecified atom stereocenters. The van der Waals surface area contributed by atoms with Crippen molar-refractivity contribution < 1.29 is 13.2 Å². The minimum atomic E-state index is -4.14. The maximum Gasteiger partial charge on any atom is 0.389 e. The molecular weight excluding hydrogens is 251 g/mol. The molecular formula is C12H15ClF3N. The van der Waals surface area contributed by atoms with Gasteiger partial charge in [-0.2, -0.15) is 13.2 Å². The smallest absolute Gasteiger partial charge is 0.327 e. The van der Waals surface area contributed by atoms with Crippen molar-refractivity contribution in [3.8, 4) is 0 Å². The van der Waals surface area contributed by atoms with E-state index in [4.69, 9.17) is 17.3 Å². The normalized spacial score (nSPS) is 13.8. The Morgan fingerprint density at radius 1 is 1.35 bits per heavy atom. The Kier molecular flexibility index (Phi) is 4.83. The SMILES string of the molecule is Cc1ccc(CC(N)CCC(F)(F)F)c(Cl)c1. The Morgan fingerprint density at radius 3 is 2.53 bits per heavy atom. The molecule has 1 aromatic carbocycles. The number of hydrogen-bond acceptors (Lipinski definition) is 1. The zero-order valence-corrected chi connectivity index (χ0v) is 10.3. The molecule has 0 aliphatic heterocycles. The summed E-state index contributed by atoms with van der Waals surface area (Å²) >= 11 is 5.99. The molecule has 0 saturated carbocycles. The van der Waals surface area contributed by atoms with Crippen LogP contribution in [0.2, 0.25) is 5.02 Å². The molecule has 1 rings (SSSR count). The molecule has 17 heavy (non-hydrogen) atoms. The highest BCUT2D eigenvalue weighted by Gasteiger charge is 2.27. The lowest BCUT2D eigenvalue weighted by Gasteiger charge is -2.14. The molecule has 0 bridgehead atoms. The van der Waals surface area contributed by atoms with Gasteiger partial charge in [-0.3, -0.25) is 0 Å². The van der Waals surface area contributed by atoms with Gasteiger partial charge < -0.3 is 5.73 Å². The van der Waals surface area contributed by atoms with Crippen molar-refractivity contribution in [3.05, 3.63) is 34.3 Å². The molecule has 0 spiro atoms. The minimum absolute atomic E-state index is 0.0757. The molecule has 96 valence electrons. The maximum atomic E-state index is 12.0. The third-order valence-corrected chi connectivity index (χ3v) is 2.84. The molecule has 0 amide bonds. The van der Waals surface area contributed by atoms with Gasteiger partial charge in [0.25, 0.3) is 0 Å². The fourth-order valence-electron chi connectivity index (χ4n) is 1.55. The topological polar surface area (TPSA) is 26.0 Å². The van der Waals surface area contributed by atoms with Crippen LogP contribution >= 0.6 is 11.6 Å². The first kappa shape index (κ1) is 14.3. The first-order valence-electron chi connectivity index (χ1n) is 5.35. The van der Waals surface area contributed by atoms with Gasteiger partial charge in [0, 0.05) is 17.5 Å². The standard InChI is InChI=1S/C12H15ClF3N/c1-8-2-3-9(11(13)6-8)7-10(17)4-5-12(14,15)16/h2-3,6,10H,4-5,7,17H2,1H3. The monoisotopic (exact) mass is 265 g/mol. The van der Waals surface area contributed by atoms with Gasteiger partial charge in [-0.05, 0) is 37.0 Å². The third-order valence-electron chi connectivity index (χ3n) is 2.49. The van der Waals surface area contributed by atoms with E-state index in [9.17, 15) is 13.2 Å². The largest absolute Gasteiger partial charge is 0.389 e. The van der Waals surface area contributed by atoms with Gasteiger partial charge in [0.05, 0.1) is 0 Å². The van der Waals surface area contributed by atoms with Crippen LogP contribution in [0.5, 0.6) is 0 Å². The lowest BCUT2D eigenvalue weighted by Crippen LogP contribution is -2.25. The molecule has 0 aliphatic carbocycles. The van der Waals surface area contributed by atoms with Crippen LogP contribution < -0.4 is 5.73 Å². The van der Waals surface area contributed by atoms with Crippen LogP contribution in [0.4, 0.5) is 13.2 Å². The van der Waals surface area contributed by atoms with Gasteiger partial charge in [-0.25, -0.2) is 0 Å². The first-order valence-corrected chi connectivity index (χ1v) is 5.73. The number of benzene rings is 1. The van der Waals surface area contributed by atoms with Crippen molar-refractivity contribution >= 4 is 11.6 Å². The van der Waals surface area contributed by atoms with Crippen molar-refractivity contribution in [2.45, 2.75) is 38.4 Å². The van der Waals surface area contributed by atoms with Crippen molar-refractivity contribution in [1.29, 1.82) is 0 Å². The van der Waals surface area contributed by atoms with Gasteiger partial charge >= 0.3 is 6.18 Å². The van der Waals surface area contributed by atoms with E-state index in [1.807, 2.05) is 19.1 Å². The average Bonchev–Trinajstić information content (AvgIpc) is 2.18. The summed E-state index contributed by atoms with van der Waals surface area (Å²) < 4.78 is 36.0. The lowest BCUT2D eigenvalue weighted by molar-refractivity contribution is -0.136. The number of nitrogens with two attached hydrogens (primary N) is 1. The summed E-state index contributed by atoms with van der Waals surface area (Å²) in [5, 5.41) is 0.562. The van der Waals surface area contributed by atoms with Crippen molar-refractivity contribution in [2.75, 3.05) is 0 Å². The molecule has 0 fully saturated rings. The predicted molar refractivity (Wildman–Crippen MR) is 63.2 cm³/mol.